The van der Waals surface area contributed by atoms with Gasteiger partial charge in [-0.15, -0.1) is 6.58 Å². The molecule has 0 bridgehead atoms. The second kappa shape index (κ2) is 6.63. The molecule has 2 nitrogen and oxygen atoms in total. The van der Waals surface area contributed by atoms with Gasteiger partial charge >= 0.3 is 0 Å². The number of rotatable bonds is 6. The summed E-state index contributed by atoms with van der Waals surface area (Å²) in [5.74, 6) is 0.282. The third-order valence-electron chi connectivity index (χ3n) is 2.03. The van der Waals surface area contributed by atoms with Crippen molar-refractivity contribution in [3.63, 3.8) is 0 Å². The lowest BCUT2D eigenvalue weighted by molar-refractivity contribution is -0.125. The van der Waals surface area contributed by atoms with Crippen LogP contribution in [0.4, 0.5) is 0 Å². The van der Waals surface area contributed by atoms with Gasteiger partial charge in [0.05, 0.1) is 0 Å². The van der Waals surface area contributed by atoms with Crippen LogP contribution in [0.15, 0.2) is 12.2 Å². The second-order valence-corrected chi connectivity index (χ2v) is 4.31. The highest BCUT2D eigenvalue weighted by molar-refractivity contribution is 5.79. The van der Waals surface area contributed by atoms with E-state index in [2.05, 4.69) is 18.8 Å². The fourth-order valence-corrected chi connectivity index (χ4v) is 1.50. The topological polar surface area (TPSA) is 29.1 Å². The highest BCUT2D eigenvalue weighted by atomic mass is 16.1. The minimum Gasteiger partial charge on any atom is -0.354 e. The predicted octanol–water partition coefficient (Wildman–Crippen LogP) is 2.89. The largest absolute Gasteiger partial charge is 0.354 e. The molecule has 0 aromatic rings. The fourth-order valence-electron chi connectivity index (χ4n) is 1.50. The Kier molecular flexibility index (Phi) is 6.26. The lowest BCUT2D eigenvalue weighted by atomic mass is 9.95. The van der Waals surface area contributed by atoms with Crippen LogP contribution in [-0.2, 0) is 4.79 Å². The van der Waals surface area contributed by atoms with Crippen molar-refractivity contribution in [2.45, 2.75) is 53.0 Å². The first-order chi connectivity index (χ1) is 6.47. The smallest absolute Gasteiger partial charge is 0.223 e. The number of carbonyl (C=O) groups excluding carboxylic acids is 1. The Balaban J connectivity index is 4.17. The van der Waals surface area contributed by atoms with Crippen molar-refractivity contribution in [3.8, 4) is 0 Å². The molecule has 1 amide bonds. The molecule has 2 heteroatoms. The fraction of sp³-hybridized carbons (Fsp3) is 0.750. The second-order valence-electron chi connectivity index (χ2n) is 4.31. The number of hydrogen-bond acceptors (Lipinski definition) is 1. The van der Waals surface area contributed by atoms with Crippen molar-refractivity contribution in [1.29, 1.82) is 0 Å². The lowest BCUT2D eigenvalue weighted by Crippen LogP contribution is -2.35. The van der Waals surface area contributed by atoms with Gasteiger partial charge in [-0.05, 0) is 33.6 Å². The lowest BCUT2D eigenvalue weighted by Gasteiger charge is -2.17. The van der Waals surface area contributed by atoms with Crippen molar-refractivity contribution in [2.75, 3.05) is 0 Å². The summed E-state index contributed by atoms with van der Waals surface area (Å²) >= 11 is 0. The average Bonchev–Trinajstić information content (AvgIpc) is 2.01. The Morgan fingerprint density at radius 2 is 2.00 bits per heavy atom. The molecule has 82 valence electrons. The third kappa shape index (κ3) is 5.79. The molecule has 0 aliphatic heterocycles. The van der Waals surface area contributed by atoms with Crippen LogP contribution in [0.25, 0.3) is 0 Å². The summed E-state index contributed by atoms with van der Waals surface area (Å²) in [6.45, 7) is 11.9. The molecular formula is C12H23NO. The molecule has 1 atom stereocenters. The maximum Gasteiger partial charge on any atom is 0.223 e. The number of hydrogen-bond donors (Lipinski definition) is 1. The Labute approximate surface area is 87.8 Å². The molecule has 0 spiro atoms. The molecule has 0 aliphatic carbocycles. The van der Waals surface area contributed by atoms with Crippen LogP contribution in [0, 0.1) is 5.92 Å². The number of allylic oxidation sites excluding steroid dienone is 1. The normalized spacial score (nSPS) is 12.6. The quantitative estimate of drug-likeness (QED) is 0.652. The van der Waals surface area contributed by atoms with Crippen molar-refractivity contribution in [3.05, 3.63) is 12.2 Å². The maximum atomic E-state index is 11.7. The molecule has 0 aromatic carbocycles. The van der Waals surface area contributed by atoms with Gasteiger partial charge in [0, 0.05) is 12.0 Å². The van der Waals surface area contributed by atoms with E-state index >= 15 is 0 Å². The van der Waals surface area contributed by atoms with Gasteiger partial charge in [0.25, 0.3) is 0 Å². The summed E-state index contributed by atoms with van der Waals surface area (Å²) in [6.07, 6.45) is 2.81. The molecule has 1 unspecified atom stereocenters. The zero-order valence-electron chi connectivity index (χ0n) is 9.89. The number of nitrogens with one attached hydrogen (secondary N) is 1. The monoisotopic (exact) mass is 197 g/mol. The van der Waals surface area contributed by atoms with Crippen molar-refractivity contribution in [2.24, 2.45) is 5.92 Å². The molecule has 0 saturated carbocycles. The summed E-state index contributed by atoms with van der Waals surface area (Å²) in [5, 5.41) is 2.95. The van der Waals surface area contributed by atoms with Gasteiger partial charge < -0.3 is 5.32 Å². The highest BCUT2D eigenvalue weighted by Gasteiger charge is 2.17. The SMILES string of the molecule is C=C(C)CC(CCC)C(=O)NC(C)C. The Morgan fingerprint density at radius 1 is 1.43 bits per heavy atom. The van der Waals surface area contributed by atoms with Crippen LogP contribution in [0.1, 0.15) is 47.0 Å². The van der Waals surface area contributed by atoms with Crippen molar-refractivity contribution >= 4 is 5.91 Å². The summed E-state index contributed by atoms with van der Waals surface area (Å²) < 4.78 is 0. The Hall–Kier alpha value is -0.790. The van der Waals surface area contributed by atoms with Crippen LogP contribution >= 0.6 is 0 Å². The zero-order valence-corrected chi connectivity index (χ0v) is 9.89. The van der Waals surface area contributed by atoms with E-state index in [9.17, 15) is 4.79 Å². The van der Waals surface area contributed by atoms with Gasteiger partial charge in [-0.25, -0.2) is 0 Å². The van der Waals surface area contributed by atoms with E-state index in [1.54, 1.807) is 0 Å². The van der Waals surface area contributed by atoms with Crippen LogP contribution in [0.2, 0.25) is 0 Å². The zero-order chi connectivity index (χ0) is 11.1. The molecule has 0 aliphatic rings. The van der Waals surface area contributed by atoms with Crippen molar-refractivity contribution < 1.29 is 4.79 Å². The van der Waals surface area contributed by atoms with E-state index in [-0.39, 0.29) is 17.9 Å². The standard InChI is InChI=1S/C12H23NO/c1-6-7-11(8-9(2)3)12(14)13-10(4)5/h10-11H,2,6-8H2,1,3-5H3,(H,13,14). The maximum absolute atomic E-state index is 11.7. The first-order valence-electron chi connectivity index (χ1n) is 5.42. The number of carbonyl (C=O) groups is 1. The van der Waals surface area contributed by atoms with Gasteiger partial charge in [0.15, 0.2) is 0 Å². The van der Waals surface area contributed by atoms with E-state index in [0.717, 1.165) is 24.8 Å². The molecule has 0 saturated heterocycles. The summed E-state index contributed by atoms with van der Waals surface area (Å²) in [7, 11) is 0. The number of amides is 1. The molecule has 0 fully saturated rings. The highest BCUT2D eigenvalue weighted by Crippen LogP contribution is 2.16. The first kappa shape index (κ1) is 13.2. The predicted molar refractivity (Wildman–Crippen MR) is 61.1 cm³/mol. The van der Waals surface area contributed by atoms with Gasteiger partial charge in [-0.1, -0.05) is 18.9 Å². The van der Waals surface area contributed by atoms with Crippen LogP contribution in [0.3, 0.4) is 0 Å². The summed E-state index contributed by atoms with van der Waals surface area (Å²) in [5.41, 5.74) is 1.09. The minimum absolute atomic E-state index is 0.111. The Morgan fingerprint density at radius 3 is 2.36 bits per heavy atom. The summed E-state index contributed by atoms with van der Waals surface area (Å²) in [6, 6.07) is 0.229. The average molecular weight is 197 g/mol. The van der Waals surface area contributed by atoms with Gasteiger partial charge in [-0.2, -0.15) is 0 Å². The van der Waals surface area contributed by atoms with E-state index < -0.39 is 0 Å². The van der Waals surface area contributed by atoms with E-state index in [0.29, 0.717) is 0 Å². The van der Waals surface area contributed by atoms with Gasteiger partial charge in [0.1, 0.15) is 0 Å². The first-order valence-corrected chi connectivity index (χ1v) is 5.42. The van der Waals surface area contributed by atoms with E-state index in [1.807, 2.05) is 20.8 Å². The summed E-state index contributed by atoms with van der Waals surface area (Å²) in [4.78, 5) is 11.7. The molecule has 0 aromatic heterocycles. The van der Waals surface area contributed by atoms with Gasteiger partial charge in [0.2, 0.25) is 5.91 Å². The van der Waals surface area contributed by atoms with Crippen LogP contribution < -0.4 is 5.32 Å². The van der Waals surface area contributed by atoms with Crippen LogP contribution in [0.5, 0.6) is 0 Å². The third-order valence-corrected chi connectivity index (χ3v) is 2.03. The molecule has 0 radical (unpaired) electrons. The van der Waals surface area contributed by atoms with Crippen LogP contribution in [-0.4, -0.2) is 11.9 Å². The molecule has 0 rings (SSSR count). The molecular weight excluding hydrogens is 174 g/mol. The molecule has 0 heterocycles. The van der Waals surface area contributed by atoms with E-state index in [1.165, 1.54) is 0 Å². The minimum atomic E-state index is 0.111. The van der Waals surface area contributed by atoms with E-state index in [4.69, 9.17) is 0 Å². The molecule has 14 heavy (non-hydrogen) atoms. The van der Waals surface area contributed by atoms with Crippen molar-refractivity contribution in [1.82, 2.24) is 5.32 Å². The Bertz CT molecular complexity index is 196. The molecule has 1 N–H and O–H groups in total. The van der Waals surface area contributed by atoms with Gasteiger partial charge in [-0.3, -0.25) is 4.79 Å².